The summed E-state index contributed by atoms with van der Waals surface area (Å²) in [5.74, 6) is 0. The Morgan fingerprint density at radius 1 is 0.962 bits per heavy atom. The summed E-state index contributed by atoms with van der Waals surface area (Å²) in [4.78, 5) is 2.50. The average molecular weight is 346 g/mol. The number of nitrogens with zero attached hydrogens (tertiary/aromatic N) is 2. The molecular weight excluding hydrogens is 320 g/mol. The Labute approximate surface area is 155 Å². The topological polar surface area (TPSA) is 28.4 Å². The second kappa shape index (κ2) is 7.38. The van der Waals surface area contributed by atoms with Crippen LogP contribution in [0, 0.1) is 6.92 Å². The van der Waals surface area contributed by atoms with Crippen LogP contribution in [0.15, 0.2) is 60.8 Å². The van der Waals surface area contributed by atoms with Gasteiger partial charge in [0, 0.05) is 43.5 Å². The van der Waals surface area contributed by atoms with E-state index in [-0.39, 0.29) is 6.61 Å². The molecule has 0 bridgehead atoms. The van der Waals surface area contributed by atoms with Crippen LogP contribution < -0.4 is 4.90 Å². The summed E-state index contributed by atoms with van der Waals surface area (Å²) in [5, 5.41) is 9.44. The third-order valence-electron chi connectivity index (χ3n) is 5.49. The molecule has 0 spiro atoms. The quantitative estimate of drug-likeness (QED) is 0.758. The first-order valence-corrected chi connectivity index (χ1v) is 9.41. The van der Waals surface area contributed by atoms with Crippen molar-refractivity contribution in [3.8, 4) is 0 Å². The SMILES string of the molecule is Cc1c(Cc2ccccc2)c(N2CCc3ccccc3C2)cn1CCO. The highest BCUT2D eigenvalue weighted by Gasteiger charge is 2.22. The van der Waals surface area contributed by atoms with Crippen LogP contribution in [0.1, 0.15) is 27.9 Å². The molecule has 0 aliphatic carbocycles. The highest BCUT2D eigenvalue weighted by Crippen LogP contribution is 2.32. The number of hydrogen-bond donors (Lipinski definition) is 1. The maximum atomic E-state index is 9.44. The number of aliphatic hydroxyl groups excluding tert-OH is 1. The van der Waals surface area contributed by atoms with Crippen LogP contribution in [0.2, 0.25) is 0 Å². The smallest absolute Gasteiger partial charge is 0.0610 e. The van der Waals surface area contributed by atoms with Gasteiger partial charge in [0.2, 0.25) is 0 Å². The number of rotatable bonds is 5. The van der Waals surface area contributed by atoms with E-state index in [0.29, 0.717) is 6.54 Å². The second-order valence-corrected chi connectivity index (χ2v) is 7.10. The molecule has 1 aliphatic rings. The van der Waals surface area contributed by atoms with Gasteiger partial charge in [0.15, 0.2) is 0 Å². The lowest BCUT2D eigenvalue weighted by Crippen LogP contribution is -2.30. The van der Waals surface area contributed by atoms with E-state index in [2.05, 4.69) is 77.2 Å². The molecule has 0 atom stereocenters. The van der Waals surface area contributed by atoms with Gasteiger partial charge in [-0.3, -0.25) is 0 Å². The van der Waals surface area contributed by atoms with Crippen LogP contribution in [0.4, 0.5) is 5.69 Å². The Balaban J connectivity index is 1.69. The lowest BCUT2D eigenvalue weighted by atomic mass is 9.98. The molecule has 0 radical (unpaired) electrons. The zero-order valence-electron chi connectivity index (χ0n) is 15.4. The molecule has 0 unspecified atom stereocenters. The van der Waals surface area contributed by atoms with Crippen molar-refractivity contribution in [3.63, 3.8) is 0 Å². The molecule has 134 valence electrons. The summed E-state index contributed by atoms with van der Waals surface area (Å²) in [6.07, 6.45) is 4.25. The number of fused-ring (bicyclic) bond motifs is 1. The van der Waals surface area contributed by atoms with Gasteiger partial charge in [-0.05, 0) is 30.0 Å². The molecule has 26 heavy (non-hydrogen) atoms. The molecule has 1 N–H and O–H groups in total. The third-order valence-corrected chi connectivity index (χ3v) is 5.49. The maximum Gasteiger partial charge on any atom is 0.0610 e. The normalized spacial score (nSPS) is 13.7. The zero-order valence-corrected chi connectivity index (χ0v) is 15.4. The van der Waals surface area contributed by atoms with E-state index in [4.69, 9.17) is 0 Å². The minimum atomic E-state index is 0.169. The van der Waals surface area contributed by atoms with E-state index in [1.807, 2.05) is 0 Å². The zero-order chi connectivity index (χ0) is 17.9. The Bertz CT molecular complexity index is 882. The molecule has 0 saturated carbocycles. The first kappa shape index (κ1) is 16.9. The van der Waals surface area contributed by atoms with Crippen molar-refractivity contribution in [2.75, 3.05) is 18.1 Å². The Morgan fingerprint density at radius 3 is 2.46 bits per heavy atom. The van der Waals surface area contributed by atoms with Gasteiger partial charge in [-0.15, -0.1) is 0 Å². The van der Waals surface area contributed by atoms with Crippen molar-refractivity contribution < 1.29 is 5.11 Å². The molecule has 2 heterocycles. The van der Waals surface area contributed by atoms with Crippen molar-refractivity contribution in [2.45, 2.75) is 32.9 Å². The van der Waals surface area contributed by atoms with E-state index < -0.39 is 0 Å². The molecule has 2 aromatic carbocycles. The summed E-state index contributed by atoms with van der Waals surface area (Å²) in [5.41, 5.74) is 8.18. The summed E-state index contributed by atoms with van der Waals surface area (Å²) in [6.45, 7) is 5.00. The van der Waals surface area contributed by atoms with Gasteiger partial charge in [-0.25, -0.2) is 0 Å². The minimum absolute atomic E-state index is 0.169. The fraction of sp³-hybridized carbons (Fsp3) is 0.304. The highest BCUT2D eigenvalue weighted by atomic mass is 16.3. The molecule has 3 aromatic rings. The van der Waals surface area contributed by atoms with Crippen molar-refractivity contribution in [2.24, 2.45) is 0 Å². The number of aliphatic hydroxyl groups is 1. The van der Waals surface area contributed by atoms with Crippen molar-refractivity contribution >= 4 is 5.69 Å². The number of hydrogen-bond acceptors (Lipinski definition) is 2. The predicted octanol–water partition coefficient (Wildman–Crippen LogP) is 3.94. The molecule has 4 rings (SSSR count). The fourth-order valence-corrected chi connectivity index (χ4v) is 4.01. The van der Waals surface area contributed by atoms with Crippen LogP contribution in [-0.4, -0.2) is 22.8 Å². The Kier molecular flexibility index (Phi) is 4.81. The number of benzene rings is 2. The third kappa shape index (κ3) is 3.27. The molecule has 0 fully saturated rings. The molecule has 0 saturated heterocycles. The van der Waals surface area contributed by atoms with E-state index in [0.717, 1.165) is 25.9 Å². The number of aromatic nitrogens is 1. The second-order valence-electron chi connectivity index (χ2n) is 7.10. The first-order valence-electron chi connectivity index (χ1n) is 9.41. The van der Waals surface area contributed by atoms with Crippen LogP contribution in [0.25, 0.3) is 0 Å². The molecule has 1 aromatic heterocycles. The van der Waals surface area contributed by atoms with Crippen LogP contribution >= 0.6 is 0 Å². The lowest BCUT2D eigenvalue weighted by molar-refractivity contribution is 0.275. The van der Waals surface area contributed by atoms with Gasteiger partial charge in [0.05, 0.1) is 12.3 Å². The molecule has 1 aliphatic heterocycles. The standard InChI is InChI=1S/C23H26N2O/c1-18-22(15-19-7-3-2-4-8-19)23(17-24(18)13-14-26)25-12-11-20-9-5-6-10-21(20)16-25/h2-10,17,26H,11-16H2,1H3. The van der Waals surface area contributed by atoms with Gasteiger partial charge >= 0.3 is 0 Å². The molecular formula is C23H26N2O. The number of anilines is 1. The van der Waals surface area contributed by atoms with Gasteiger partial charge in [0.1, 0.15) is 0 Å². The van der Waals surface area contributed by atoms with Crippen molar-refractivity contribution in [1.82, 2.24) is 4.57 Å². The van der Waals surface area contributed by atoms with E-state index in [9.17, 15) is 5.11 Å². The van der Waals surface area contributed by atoms with E-state index in [1.165, 1.54) is 33.6 Å². The highest BCUT2D eigenvalue weighted by molar-refractivity contribution is 5.59. The largest absolute Gasteiger partial charge is 0.395 e. The van der Waals surface area contributed by atoms with Gasteiger partial charge in [0.25, 0.3) is 0 Å². The molecule has 3 nitrogen and oxygen atoms in total. The average Bonchev–Trinajstić information content (AvgIpc) is 2.98. The minimum Gasteiger partial charge on any atom is -0.395 e. The van der Waals surface area contributed by atoms with Crippen LogP contribution in [0.5, 0.6) is 0 Å². The predicted molar refractivity (Wildman–Crippen MR) is 107 cm³/mol. The fourth-order valence-electron chi connectivity index (χ4n) is 4.01. The van der Waals surface area contributed by atoms with Gasteiger partial charge < -0.3 is 14.6 Å². The van der Waals surface area contributed by atoms with Crippen molar-refractivity contribution in [3.05, 3.63) is 88.7 Å². The van der Waals surface area contributed by atoms with E-state index >= 15 is 0 Å². The molecule has 0 amide bonds. The van der Waals surface area contributed by atoms with Crippen LogP contribution in [0.3, 0.4) is 0 Å². The molecule has 3 heteroatoms. The lowest BCUT2D eigenvalue weighted by Gasteiger charge is -2.31. The Morgan fingerprint density at radius 2 is 1.69 bits per heavy atom. The Hall–Kier alpha value is -2.52. The van der Waals surface area contributed by atoms with Gasteiger partial charge in [-0.2, -0.15) is 0 Å². The van der Waals surface area contributed by atoms with E-state index in [1.54, 1.807) is 0 Å². The maximum absolute atomic E-state index is 9.44. The summed E-state index contributed by atoms with van der Waals surface area (Å²) in [6, 6.07) is 19.4. The van der Waals surface area contributed by atoms with Crippen molar-refractivity contribution in [1.29, 1.82) is 0 Å². The van der Waals surface area contributed by atoms with Crippen LogP contribution in [-0.2, 0) is 25.9 Å². The summed E-state index contributed by atoms with van der Waals surface area (Å²) < 4.78 is 2.20. The summed E-state index contributed by atoms with van der Waals surface area (Å²) >= 11 is 0. The first-order chi connectivity index (χ1) is 12.8. The summed E-state index contributed by atoms with van der Waals surface area (Å²) in [7, 11) is 0. The monoisotopic (exact) mass is 346 g/mol. The van der Waals surface area contributed by atoms with Gasteiger partial charge in [-0.1, -0.05) is 54.6 Å².